The molecule has 136 valence electrons. The Balaban J connectivity index is 2.12. The van der Waals surface area contributed by atoms with Crippen LogP contribution in [-0.2, 0) is 11.3 Å². The van der Waals surface area contributed by atoms with Crippen molar-refractivity contribution in [1.29, 1.82) is 0 Å². The highest BCUT2D eigenvalue weighted by molar-refractivity contribution is 7.99. The molecule has 6 nitrogen and oxygen atoms in total. The van der Waals surface area contributed by atoms with Gasteiger partial charge in [-0.1, -0.05) is 11.8 Å². The van der Waals surface area contributed by atoms with Crippen molar-refractivity contribution in [2.24, 2.45) is 0 Å². The lowest BCUT2D eigenvalue weighted by atomic mass is 9.93. The number of aromatic amines is 1. The lowest BCUT2D eigenvalue weighted by Gasteiger charge is -2.13. The van der Waals surface area contributed by atoms with E-state index in [0.29, 0.717) is 24.7 Å². The molecule has 1 aromatic heterocycles. The number of thioether (sulfide) groups is 1. The fourth-order valence-electron chi connectivity index (χ4n) is 2.69. The van der Waals surface area contributed by atoms with Gasteiger partial charge in [-0.3, -0.25) is 9.36 Å². The maximum absolute atomic E-state index is 12.7. The zero-order chi connectivity index (χ0) is 18.6. The maximum atomic E-state index is 12.7. The van der Waals surface area contributed by atoms with E-state index in [0.717, 1.165) is 22.3 Å². The Labute approximate surface area is 152 Å². The molecule has 1 heterocycles. The summed E-state index contributed by atoms with van der Waals surface area (Å²) in [6.07, 6.45) is 0.715. The van der Waals surface area contributed by atoms with Crippen LogP contribution in [0.5, 0.6) is 0 Å². The Morgan fingerprint density at radius 2 is 1.96 bits per heavy atom. The number of H-pyrrole nitrogens is 1. The number of nitrogens with zero attached hydrogens (tertiary/aromatic N) is 2. The van der Waals surface area contributed by atoms with Crippen LogP contribution in [-0.4, -0.2) is 40.0 Å². The van der Waals surface area contributed by atoms with Crippen molar-refractivity contribution < 1.29 is 9.53 Å². The van der Waals surface area contributed by atoms with Gasteiger partial charge in [-0.05, 0) is 62.4 Å². The molecule has 0 saturated heterocycles. The van der Waals surface area contributed by atoms with Crippen LogP contribution in [0.25, 0.3) is 0 Å². The molecule has 0 atom stereocenters. The Morgan fingerprint density at radius 3 is 2.64 bits per heavy atom. The minimum atomic E-state index is -0.260. The molecule has 0 aliphatic carbocycles. The molecule has 0 aliphatic heterocycles. The fraction of sp³-hybridized carbons (Fsp3) is 0.500. The second-order valence-electron chi connectivity index (χ2n) is 6.14. The first kappa shape index (κ1) is 19.5. The van der Waals surface area contributed by atoms with Gasteiger partial charge in [0.25, 0.3) is 0 Å². The molecule has 0 bridgehead atoms. The van der Waals surface area contributed by atoms with E-state index in [2.05, 4.69) is 17.1 Å². The summed E-state index contributed by atoms with van der Waals surface area (Å²) in [5.41, 5.74) is 5.01. The summed E-state index contributed by atoms with van der Waals surface area (Å²) in [5.74, 6) is 0.296. The van der Waals surface area contributed by atoms with Crippen molar-refractivity contribution in [2.75, 3.05) is 19.5 Å². The van der Waals surface area contributed by atoms with Gasteiger partial charge in [0, 0.05) is 25.8 Å². The molecule has 0 amide bonds. The predicted octanol–water partition coefficient (Wildman–Crippen LogP) is 2.82. The molecule has 0 radical (unpaired) electrons. The van der Waals surface area contributed by atoms with Gasteiger partial charge in [0.15, 0.2) is 10.9 Å². The average Bonchev–Trinajstić information content (AvgIpc) is 2.94. The summed E-state index contributed by atoms with van der Waals surface area (Å²) >= 11 is 1.28. The average molecular weight is 363 g/mol. The summed E-state index contributed by atoms with van der Waals surface area (Å²) in [5, 5.41) is 7.01. The van der Waals surface area contributed by atoms with Gasteiger partial charge in [-0.2, -0.15) is 0 Å². The van der Waals surface area contributed by atoms with Gasteiger partial charge in [-0.15, -0.1) is 5.10 Å². The third-order valence-corrected chi connectivity index (χ3v) is 5.54. The number of hydrogen-bond donors (Lipinski definition) is 1. The van der Waals surface area contributed by atoms with Crippen LogP contribution < -0.4 is 5.69 Å². The van der Waals surface area contributed by atoms with Crippen LogP contribution in [0.4, 0.5) is 0 Å². The zero-order valence-electron chi connectivity index (χ0n) is 15.4. The van der Waals surface area contributed by atoms with Gasteiger partial charge in [0.05, 0.1) is 5.75 Å². The third-order valence-electron chi connectivity index (χ3n) is 4.57. The second kappa shape index (κ2) is 8.49. The number of Topliss-reactive ketones (excluding diaryl/α,β-unsaturated/α-hetero) is 1. The summed E-state index contributed by atoms with van der Waals surface area (Å²) in [6.45, 7) is 9.21. The van der Waals surface area contributed by atoms with Crippen molar-refractivity contribution >= 4 is 17.5 Å². The van der Waals surface area contributed by atoms with Crippen molar-refractivity contribution in [3.05, 3.63) is 44.4 Å². The maximum Gasteiger partial charge on any atom is 0.343 e. The third kappa shape index (κ3) is 4.41. The van der Waals surface area contributed by atoms with Crippen LogP contribution in [0.3, 0.4) is 0 Å². The van der Waals surface area contributed by atoms with Gasteiger partial charge < -0.3 is 4.74 Å². The number of nitrogens with one attached hydrogen (secondary N) is 1. The zero-order valence-corrected chi connectivity index (χ0v) is 16.2. The number of ketones is 1. The lowest BCUT2D eigenvalue weighted by molar-refractivity contribution is 0.102. The predicted molar refractivity (Wildman–Crippen MR) is 99.8 cm³/mol. The summed E-state index contributed by atoms with van der Waals surface area (Å²) in [4.78, 5) is 24.5. The van der Waals surface area contributed by atoms with Crippen molar-refractivity contribution in [3.63, 3.8) is 0 Å². The Bertz CT molecular complexity index is 824. The van der Waals surface area contributed by atoms with Gasteiger partial charge in [0.2, 0.25) is 0 Å². The summed E-state index contributed by atoms with van der Waals surface area (Å²) in [7, 11) is 1.63. The number of benzene rings is 1. The van der Waals surface area contributed by atoms with Crippen LogP contribution in [0, 0.1) is 27.7 Å². The minimum absolute atomic E-state index is 0.0487. The van der Waals surface area contributed by atoms with E-state index in [9.17, 15) is 9.59 Å². The summed E-state index contributed by atoms with van der Waals surface area (Å²) < 4.78 is 6.57. The number of aromatic nitrogens is 3. The van der Waals surface area contributed by atoms with Crippen LogP contribution in [0.2, 0.25) is 0 Å². The molecule has 0 saturated carbocycles. The van der Waals surface area contributed by atoms with Gasteiger partial charge >= 0.3 is 5.69 Å². The Morgan fingerprint density at radius 1 is 1.24 bits per heavy atom. The van der Waals surface area contributed by atoms with E-state index in [1.54, 1.807) is 11.7 Å². The molecular weight excluding hydrogens is 338 g/mol. The van der Waals surface area contributed by atoms with E-state index >= 15 is 0 Å². The van der Waals surface area contributed by atoms with Crippen molar-refractivity contribution in [2.45, 2.75) is 45.8 Å². The topological polar surface area (TPSA) is 77.0 Å². The normalized spacial score (nSPS) is 11.1. The smallest absolute Gasteiger partial charge is 0.343 e. The molecule has 7 heteroatoms. The van der Waals surface area contributed by atoms with Crippen LogP contribution in [0.15, 0.2) is 16.0 Å². The highest BCUT2D eigenvalue weighted by atomic mass is 32.2. The number of rotatable bonds is 8. The largest absolute Gasteiger partial charge is 0.385 e. The second-order valence-corrected chi connectivity index (χ2v) is 7.08. The number of aryl methyl sites for hydroxylation is 1. The Hall–Kier alpha value is -1.86. The van der Waals surface area contributed by atoms with E-state index in [4.69, 9.17) is 4.74 Å². The number of carbonyl (C=O) groups is 1. The SMILES string of the molecule is COCCCn1c(SCC(=O)c2cc(C)c(C)c(C)c2C)n[nH]c1=O. The van der Waals surface area contributed by atoms with Crippen LogP contribution in [0.1, 0.15) is 39.0 Å². The van der Waals surface area contributed by atoms with E-state index in [-0.39, 0.29) is 17.2 Å². The molecule has 0 fully saturated rings. The molecule has 0 aliphatic rings. The monoisotopic (exact) mass is 363 g/mol. The molecular formula is C18H25N3O3S. The Kier molecular flexibility index (Phi) is 6.61. The first-order chi connectivity index (χ1) is 11.9. The minimum Gasteiger partial charge on any atom is -0.385 e. The standard InChI is InChI=1S/C18H25N3O3S/c1-11-9-15(14(4)13(3)12(11)2)16(22)10-25-18-20-19-17(23)21(18)7-6-8-24-5/h9H,6-8,10H2,1-5H3,(H,19,23). The number of hydrogen-bond acceptors (Lipinski definition) is 5. The van der Waals surface area contributed by atoms with E-state index in [1.807, 2.05) is 26.8 Å². The van der Waals surface area contributed by atoms with Crippen molar-refractivity contribution in [1.82, 2.24) is 14.8 Å². The lowest BCUT2D eigenvalue weighted by Crippen LogP contribution is -2.19. The number of methoxy groups -OCH3 is 1. The fourth-order valence-corrected chi connectivity index (χ4v) is 3.54. The van der Waals surface area contributed by atoms with Crippen LogP contribution >= 0.6 is 11.8 Å². The van der Waals surface area contributed by atoms with Crippen molar-refractivity contribution in [3.8, 4) is 0 Å². The highest BCUT2D eigenvalue weighted by Gasteiger charge is 2.16. The van der Waals surface area contributed by atoms with E-state index < -0.39 is 0 Å². The molecule has 2 rings (SSSR count). The molecule has 1 N–H and O–H groups in total. The van der Waals surface area contributed by atoms with E-state index in [1.165, 1.54) is 17.3 Å². The number of carbonyl (C=O) groups excluding carboxylic acids is 1. The van der Waals surface area contributed by atoms with Gasteiger partial charge in [0.1, 0.15) is 0 Å². The highest BCUT2D eigenvalue weighted by Crippen LogP contribution is 2.23. The summed E-state index contributed by atoms with van der Waals surface area (Å²) in [6, 6.07) is 1.96. The van der Waals surface area contributed by atoms with Gasteiger partial charge in [-0.25, -0.2) is 9.89 Å². The first-order valence-corrected chi connectivity index (χ1v) is 9.23. The number of ether oxygens (including phenoxy) is 1. The molecule has 25 heavy (non-hydrogen) atoms. The molecule has 1 aromatic carbocycles. The molecule has 2 aromatic rings. The molecule has 0 spiro atoms. The molecule has 0 unspecified atom stereocenters. The first-order valence-electron chi connectivity index (χ1n) is 8.24. The quantitative estimate of drug-likeness (QED) is 0.443.